The van der Waals surface area contributed by atoms with Crippen molar-refractivity contribution in [1.82, 2.24) is 5.32 Å². The van der Waals surface area contributed by atoms with Crippen LogP contribution in [0.3, 0.4) is 0 Å². The van der Waals surface area contributed by atoms with Gasteiger partial charge in [0.1, 0.15) is 0 Å². The van der Waals surface area contributed by atoms with Crippen molar-refractivity contribution in [1.29, 1.82) is 0 Å². The van der Waals surface area contributed by atoms with Crippen molar-refractivity contribution in [3.05, 3.63) is 29.8 Å². The summed E-state index contributed by atoms with van der Waals surface area (Å²) in [4.78, 5) is 11.4. The number of hydrogen-bond acceptors (Lipinski definition) is 2. The van der Waals surface area contributed by atoms with Crippen molar-refractivity contribution < 1.29 is 18.0 Å². The fourth-order valence-corrected chi connectivity index (χ4v) is 1.71. The van der Waals surface area contributed by atoms with Crippen LogP contribution < -0.4 is 10.6 Å². The van der Waals surface area contributed by atoms with E-state index in [1.54, 1.807) is 12.1 Å². The van der Waals surface area contributed by atoms with Gasteiger partial charge >= 0.3 is 6.18 Å². The molecule has 1 aliphatic rings. The van der Waals surface area contributed by atoms with Gasteiger partial charge in [0.15, 0.2) is 0 Å². The molecule has 2 rings (SSSR count). The SMILES string of the molecule is O=C(CNc1cccc(CC(F)(F)F)c1)NC1CC1. The predicted octanol–water partition coefficient (Wildman–Crippen LogP) is 2.48. The van der Waals surface area contributed by atoms with Crippen LogP contribution in [0.25, 0.3) is 0 Å². The highest BCUT2D eigenvalue weighted by Gasteiger charge is 2.27. The Kier molecular flexibility index (Phi) is 3.97. The molecule has 2 N–H and O–H groups in total. The third-order valence-electron chi connectivity index (χ3n) is 2.73. The summed E-state index contributed by atoms with van der Waals surface area (Å²) in [6, 6.07) is 6.30. The molecule has 1 aliphatic carbocycles. The quantitative estimate of drug-likeness (QED) is 0.864. The monoisotopic (exact) mass is 272 g/mol. The Bertz CT molecular complexity index is 455. The standard InChI is InChI=1S/C13H15F3N2O/c14-13(15,16)7-9-2-1-3-11(6-9)17-8-12(19)18-10-4-5-10/h1-3,6,10,17H,4-5,7-8H2,(H,18,19). The molecule has 104 valence electrons. The van der Waals surface area contributed by atoms with E-state index < -0.39 is 12.6 Å². The van der Waals surface area contributed by atoms with Gasteiger partial charge in [-0.2, -0.15) is 13.2 Å². The van der Waals surface area contributed by atoms with Crippen molar-refractivity contribution in [3.63, 3.8) is 0 Å². The van der Waals surface area contributed by atoms with E-state index in [1.165, 1.54) is 12.1 Å². The Morgan fingerprint density at radius 2 is 2.05 bits per heavy atom. The first kappa shape index (κ1) is 13.7. The maximum Gasteiger partial charge on any atom is 0.393 e. The number of anilines is 1. The molecule has 1 aromatic rings. The van der Waals surface area contributed by atoms with Crippen molar-refractivity contribution in [2.45, 2.75) is 31.5 Å². The number of hydrogen-bond donors (Lipinski definition) is 2. The molecule has 1 fully saturated rings. The molecule has 0 heterocycles. The van der Waals surface area contributed by atoms with Gasteiger partial charge in [0.05, 0.1) is 13.0 Å². The van der Waals surface area contributed by atoms with Crippen LogP contribution in [0.2, 0.25) is 0 Å². The molecule has 0 saturated heterocycles. The van der Waals surface area contributed by atoms with Crippen molar-refractivity contribution in [3.8, 4) is 0 Å². The molecular formula is C13H15F3N2O. The summed E-state index contributed by atoms with van der Waals surface area (Å²) in [7, 11) is 0. The van der Waals surface area contributed by atoms with Gasteiger partial charge < -0.3 is 10.6 Å². The molecule has 0 spiro atoms. The third-order valence-corrected chi connectivity index (χ3v) is 2.73. The van der Waals surface area contributed by atoms with Gasteiger partial charge in [-0.1, -0.05) is 12.1 Å². The van der Waals surface area contributed by atoms with Gasteiger partial charge in [-0.15, -0.1) is 0 Å². The summed E-state index contributed by atoms with van der Waals surface area (Å²) in [6.45, 7) is 0.0754. The van der Waals surface area contributed by atoms with Gasteiger partial charge in [-0.05, 0) is 30.5 Å². The van der Waals surface area contributed by atoms with E-state index >= 15 is 0 Å². The summed E-state index contributed by atoms with van der Waals surface area (Å²) < 4.78 is 36.8. The largest absolute Gasteiger partial charge is 0.393 e. The maximum absolute atomic E-state index is 12.3. The first-order valence-corrected chi connectivity index (χ1v) is 6.11. The van der Waals surface area contributed by atoms with Crippen LogP contribution in [0, 0.1) is 0 Å². The predicted molar refractivity (Wildman–Crippen MR) is 65.9 cm³/mol. The number of carbonyl (C=O) groups is 1. The first-order chi connectivity index (χ1) is 8.92. The summed E-state index contributed by atoms with van der Waals surface area (Å²) in [5, 5.41) is 5.62. The Hall–Kier alpha value is -1.72. The van der Waals surface area contributed by atoms with Crippen LogP contribution in [0.1, 0.15) is 18.4 Å². The van der Waals surface area contributed by atoms with E-state index in [1.807, 2.05) is 0 Å². The van der Waals surface area contributed by atoms with Crippen LogP contribution in [0.4, 0.5) is 18.9 Å². The molecular weight excluding hydrogens is 257 g/mol. The van der Waals surface area contributed by atoms with Gasteiger partial charge in [0.25, 0.3) is 0 Å². The molecule has 1 amide bonds. The zero-order chi connectivity index (χ0) is 13.9. The van der Waals surface area contributed by atoms with E-state index in [0.717, 1.165) is 12.8 Å². The zero-order valence-corrected chi connectivity index (χ0v) is 10.3. The van der Waals surface area contributed by atoms with Crippen LogP contribution in [-0.4, -0.2) is 24.7 Å². The summed E-state index contributed by atoms with van der Waals surface area (Å²) in [6.07, 6.45) is -3.17. The second-order valence-electron chi connectivity index (χ2n) is 4.69. The first-order valence-electron chi connectivity index (χ1n) is 6.11. The fourth-order valence-electron chi connectivity index (χ4n) is 1.71. The summed E-state index contributed by atoms with van der Waals surface area (Å²) in [5.41, 5.74) is 0.702. The number of carbonyl (C=O) groups excluding carboxylic acids is 1. The fraction of sp³-hybridized carbons (Fsp3) is 0.462. The van der Waals surface area contributed by atoms with Crippen molar-refractivity contribution in [2.24, 2.45) is 0 Å². The molecule has 0 aromatic heterocycles. The lowest BCUT2D eigenvalue weighted by Gasteiger charge is -2.10. The highest BCUT2D eigenvalue weighted by molar-refractivity contribution is 5.81. The van der Waals surface area contributed by atoms with Crippen molar-refractivity contribution >= 4 is 11.6 Å². The highest BCUT2D eigenvalue weighted by Crippen LogP contribution is 2.23. The maximum atomic E-state index is 12.3. The lowest BCUT2D eigenvalue weighted by atomic mass is 10.1. The van der Waals surface area contributed by atoms with Crippen molar-refractivity contribution in [2.75, 3.05) is 11.9 Å². The minimum absolute atomic E-state index is 0.0754. The number of halogens is 3. The Morgan fingerprint density at radius 1 is 1.32 bits per heavy atom. The summed E-state index contributed by atoms with van der Waals surface area (Å²) >= 11 is 0. The minimum Gasteiger partial charge on any atom is -0.376 e. The van der Waals surface area contributed by atoms with Crippen LogP contribution >= 0.6 is 0 Å². The molecule has 0 atom stereocenters. The molecule has 0 aliphatic heterocycles. The van der Waals surface area contributed by atoms with E-state index in [4.69, 9.17) is 0 Å². The molecule has 1 aromatic carbocycles. The van der Waals surface area contributed by atoms with E-state index in [2.05, 4.69) is 10.6 Å². The van der Waals surface area contributed by atoms with Gasteiger partial charge in [-0.25, -0.2) is 0 Å². The van der Waals surface area contributed by atoms with Crippen LogP contribution in [0.15, 0.2) is 24.3 Å². The Labute approximate surface area is 109 Å². The molecule has 19 heavy (non-hydrogen) atoms. The zero-order valence-electron chi connectivity index (χ0n) is 10.3. The Morgan fingerprint density at radius 3 is 2.68 bits per heavy atom. The highest BCUT2D eigenvalue weighted by atomic mass is 19.4. The number of alkyl halides is 3. The smallest absolute Gasteiger partial charge is 0.376 e. The van der Waals surface area contributed by atoms with Crippen LogP contribution in [-0.2, 0) is 11.2 Å². The van der Waals surface area contributed by atoms with E-state index in [-0.39, 0.29) is 24.1 Å². The second kappa shape index (κ2) is 5.50. The topological polar surface area (TPSA) is 41.1 Å². The molecule has 0 bridgehead atoms. The number of rotatable bonds is 5. The van der Waals surface area contributed by atoms with Gasteiger partial charge in [-0.3, -0.25) is 4.79 Å². The Balaban J connectivity index is 1.85. The van der Waals surface area contributed by atoms with Gasteiger partial charge in [0, 0.05) is 11.7 Å². The van der Waals surface area contributed by atoms with E-state index in [0.29, 0.717) is 5.69 Å². The average molecular weight is 272 g/mol. The molecule has 3 nitrogen and oxygen atoms in total. The molecule has 1 saturated carbocycles. The van der Waals surface area contributed by atoms with Gasteiger partial charge in [0.2, 0.25) is 5.91 Å². The lowest BCUT2D eigenvalue weighted by molar-refractivity contribution is -0.127. The van der Waals surface area contributed by atoms with E-state index in [9.17, 15) is 18.0 Å². The third kappa shape index (κ3) is 5.19. The lowest BCUT2D eigenvalue weighted by Crippen LogP contribution is -2.31. The molecule has 0 radical (unpaired) electrons. The molecule has 6 heteroatoms. The number of benzene rings is 1. The minimum atomic E-state index is -4.22. The normalized spacial score (nSPS) is 15.1. The number of amides is 1. The number of nitrogens with one attached hydrogen (secondary N) is 2. The summed E-state index contributed by atoms with van der Waals surface area (Å²) in [5.74, 6) is -0.135. The van der Waals surface area contributed by atoms with Crippen LogP contribution in [0.5, 0.6) is 0 Å². The average Bonchev–Trinajstić information content (AvgIpc) is 3.08. The molecule has 0 unspecified atom stereocenters. The second-order valence-corrected chi connectivity index (χ2v) is 4.69.